The van der Waals surface area contributed by atoms with Crippen molar-refractivity contribution in [1.29, 1.82) is 0 Å². The van der Waals surface area contributed by atoms with Gasteiger partial charge in [-0.2, -0.15) is 0 Å². The molecule has 0 unspecified atom stereocenters. The van der Waals surface area contributed by atoms with Crippen molar-refractivity contribution < 1.29 is 57.2 Å². The standard InChI is InChI=1S/C38H50BN3O12P2/c1-26(2)19-35(41-38(46)29(20-27-11-5-4-6-12-27)22-34(44)33-14-9-10-18-40-33)39-53-24-28-16-17-31(21-30(28)25-54-39)42(3)36(45)15-8-7-13-32(43)23-37(55(47,48)49)56(50,51)52/h4-6,9-12,14,16-18,21,26,29,35,37H,7-8,13,15,19-20,22-25H2,1-3H3,(H,41,46)(H2,47,48,49)(H2,50,51,52)/t29-,35+/m0/s1. The number of amides is 2. The number of unbranched alkanes of at least 4 members (excludes halogenated alkanes) is 1. The van der Waals surface area contributed by atoms with Crippen molar-refractivity contribution in [3.63, 3.8) is 0 Å². The van der Waals surface area contributed by atoms with E-state index in [0.29, 0.717) is 24.2 Å². The van der Waals surface area contributed by atoms with Crippen molar-refractivity contribution in [2.45, 2.75) is 89.8 Å². The number of carbonyl (C=O) groups excluding carboxylic acids is 4. The number of benzene rings is 2. The molecule has 0 bridgehead atoms. The zero-order chi connectivity index (χ0) is 41.0. The zero-order valence-electron chi connectivity index (χ0n) is 31.7. The van der Waals surface area contributed by atoms with Gasteiger partial charge in [-0.25, -0.2) is 0 Å². The van der Waals surface area contributed by atoms with E-state index < -0.39 is 51.8 Å². The van der Waals surface area contributed by atoms with Crippen LogP contribution in [-0.4, -0.2) is 73.4 Å². The van der Waals surface area contributed by atoms with E-state index in [-0.39, 0.29) is 68.8 Å². The summed E-state index contributed by atoms with van der Waals surface area (Å²) in [6, 6.07) is 20.0. The third-order valence-corrected chi connectivity index (χ3v) is 13.2. The molecular weight excluding hydrogens is 763 g/mol. The quantitative estimate of drug-likeness (QED) is 0.0439. The number of aromatic nitrogens is 1. The molecule has 2 aromatic carbocycles. The Hall–Kier alpha value is -3.85. The molecule has 302 valence electrons. The zero-order valence-corrected chi connectivity index (χ0v) is 33.5. The highest BCUT2D eigenvalue weighted by Crippen LogP contribution is 2.61. The van der Waals surface area contributed by atoms with Crippen LogP contribution in [0.15, 0.2) is 72.9 Å². The summed E-state index contributed by atoms with van der Waals surface area (Å²) in [5.41, 5.74) is 3.44. The van der Waals surface area contributed by atoms with E-state index in [1.165, 1.54) is 4.90 Å². The van der Waals surface area contributed by atoms with Gasteiger partial charge in [-0.1, -0.05) is 56.3 Å². The van der Waals surface area contributed by atoms with Crippen molar-refractivity contribution in [3.8, 4) is 0 Å². The van der Waals surface area contributed by atoms with Crippen LogP contribution in [0, 0.1) is 11.8 Å². The fourth-order valence-electron chi connectivity index (χ4n) is 6.43. The lowest BCUT2D eigenvalue weighted by Gasteiger charge is -2.27. The second kappa shape index (κ2) is 20.5. The molecule has 5 N–H and O–H groups in total. The molecule has 1 aliphatic rings. The first kappa shape index (κ1) is 44.9. The number of carbonyl (C=O) groups is 4. The minimum absolute atomic E-state index is 0.0314. The van der Waals surface area contributed by atoms with Crippen molar-refractivity contribution in [2.24, 2.45) is 11.8 Å². The van der Waals surface area contributed by atoms with Gasteiger partial charge < -0.3 is 39.1 Å². The van der Waals surface area contributed by atoms with Crippen LogP contribution in [0.2, 0.25) is 0 Å². The second-order valence-electron chi connectivity index (χ2n) is 14.5. The summed E-state index contributed by atoms with van der Waals surface area (Å²) >= 11 is 0. The van der Waals surface area contributed by atoms with E-state index in [2.05, 4.69) is 10.3 Å². The minimum atomic E-state index is -5.20. The summed E-state index contributed by atoms with van der Waals surface area (Å²) in [6.07, 6.45) is 1.76. The van der Waals surface area contributed by atoms with Gasteiger partial charge in [0.05, 0.1) is 19.2 Å². The molecule has 0 saturated heterocycles. The molecule has 4 rings (SSSR count). The first-order valence-corrected chi connectivity index (χ1v) is 21.8. The molecule has 56 heavy (non-hydrogen) atoms. The number of nitrogens with one attached hydrogen (secondary N) is 1. The van der Waals surface area contributed by atoms with Crippen molar-refractivity contribution in [3.05, 3.63) is 95.3 Å². The summed E-state index contributed by atoms with van der Waals surface area (Å²) < 4.78 is 35.4. The molecule has 2 atom stereocenters. The van der Waals surface area contributed by atoms with Gasteiger partial charge in [0.25, 0.3) is 0 Å². The summed E-state index contributed by atoms with van der Waals surface area (Å²) in [5, 5.41) is 0.759. The molecule has 0 saturated carbocycles. The van der Waals surface area contributed by atoms with E-state index in [4.69, 9.17) is 9.31 Å². The largest absolute Gasteiger partial charge is 0.481 e. The Morgan fingerprint density at radius 3 is 2.12 bits per heavy atom. The van der Waals surface area contributed by atoms with Crippen LogP contribution in [0.3, 0.4) is 0 Å². The molecule has 0 radical (unpaired) electrons. The molecule has 1 aliphatic heterocycles. The number of hydrogen-bond acceptors (Lipinski definition) is 9. The third-order valence-electron chi connectivity index (χ3n) is 9.50. The Kier molecular flexibility index (Phi) is 16.5. The average Bonchev–Trinajstić information content (AvgIpc) is 3.36. The van der Waals surface area contributed by atoms with Gasteiger partial charge in [0.1, 0.15) is 11.5 Å². The molecule has 0 fully saturated rings. The maximum absolute atomic E-state index is 14.0. The lowest BCUT2D eigenvalue weighted by Crippen LogP contribution is -2.51. The van der Waals surface area contributed by atoms with Crippen molar-refractivity contribution in [1.82, 2.24) is 10.3 Å². The SMILES string of the molecule is CC(C)C[C@@H](NC(=O)[C@H](CC(=O)c1ccccn1)Cc1ccccc1)B1OCc2ccc(N(C)C(=O)CCCCC(=O)CC(P(=O)(O)O)P(=O)(O)O)cc2CO1. The van der Waals surface area contributed by atoms with Crippen molar-refractivity contribution >= 4 is 51.4 Å². The summed E-state index contributed by atoms with van der Waals surface area (Å²) in [7, 11) is -9.60. The van der Waals surface area contributed by atoms with Gasteiger partial charge in [-0.15, -0.1) is 0 Å². The highest BCUT2D eigenvalue weighted by molar-refractivity contribution is 7.70. The van der Waals surface area contributed by atoms with E-state index in [1.54, 1.807) is 37.5 Å². The highest BCUT2D eigenvalue weighted by Gasteiger charge is 2.44. The summed E-state index contributed by atoms with van der Waals surface area (Å²) in [6.45, 7) is 4.38. The summed E-state index contributed by atoms with van der Waals surface area (Å²) in [4.78, 5) is 95.1. The molecule has 15 nitrogen and oxygen atoms in total. The first-order chi connectivity index (χ1) is 26.4. The van der Waals surface area contributed by atoms with Gasteiger partial charge >= 0.3 is 22.3 Å². The normalized spacial score (nSPS) is 14.5. The number of pyridine rings is 1. The Labute approximate surface area is 327 Å². The predicted molar refractivity (Wildman–Crippen MR) is 209 cm³/mol. The fourth-order valence-corrected chi connectivity index (χ4v) is 8.88. The lowest BCUT2D eigenvalue weighted by atomic mass is 9.73. The van der Waals surface area contributed by atoms with Gasteiger partial charge in [0, 0.05) is 50.5 Å². The van der Waals surface area contributed by atoms with Crippen LogP contribution in [-0.2, 0) is 52.5 Å². The van der Waals surface area contributed by atoms with Gasteiger partial charge in [0.15, 0.2) is 11.2 Å². The smallest absolute Gasteiger partial charge is 0.406 e. The van der Waals surface area contributed by atoms with Crippen LogP contribution in [0.1, 0.15) is 86.0 Å². The minimum Gasteiger partial charge on any atom is -0.406 e. The number of nitrogens with zero attached hydrogens (tertiary/aromatic N) is 2. The van der Waals surface area contributed by atoms with Gasteiger partial charge in [0.2, 0.25) is 11.8 Å². The molecule has 18 heteroatoms. The van der Waals surface area contributed by atoms with Crippen LogP contribution < -0.4 is 10.2 Å². The molecule has 0 spiro atoms. The highest BCUT2D eigenvalue weighted by atomic mass is 31.2. The second-order valence-corrected chi connectivity index (χ2v) is 18.5. The van der Waals surface area contributed by atoms with E-state index in [9.17, 15) is 47.9 Å². The number of fused-ring (bicyclic) bond motifs is 1. The third kappa shape index (κ3) is 13.7. The molecule has 2 amide bonds. The Balaban J connectivity index is 1.36. The van der Waals surface area contributed by atoms with Crippen LogP contribution in [0.25, 0.3) is 0 Å². The van der Waals surface area contributed by atoms with Crippen LogP contribution in [0.4, 0.5) is 5.69 Å². The maximum atomic E-state index is 14.0. The average molecular weight is 814 g/mol. The fraction of sp³-hybridized carbons (Fsp3) is 0.447. The molecule has 1 aromatic heterocycles. The van der Waals surface area contributed by atoms with Gasteiger partial charge in [-0.05, 0) is 72.6 Å². The lowest BCUT2D eigenvalue weighted by molar-refractivity contribution is -0.125. The van der Waals surface area contributed by atoms with E-state index in [1.807, 2.05) is 56.3 Å². The topological polar surface area (TPSA) is 230 Å². The number of anilines is 1. The number of Topliss-reactive ketones (excluding diaryl/α,β-unsaturated/α-hetero) is 2. The van der Waals surface area contributed by atoms with Crippen molar-refractivity contribution in [2.75, 3.05) is 11.9 Å². The molecule has 2 heterocycles. The van der Waals surface area contributed by atoms with E-state index >= 15 is 0 Å². The predicted octanol–water partition coefficient (Wildman–Crippen LogP) is 4.98. The molecular formula is C38H50BN3O12P2. The monoisotopic (exact) mass is 813 g/mol. The number of rotatable bonds is 20. The van der Waals surface area contributed by atoms with E-state index in [0.717, 1.165) is 16.7 Å². The Bertz CT molecular complexity index is 1890. The van der Waals surface area contributed by atoms with Crippen LogP contribution >= 0.6 is 15.2 Å². The number of hydrogen-bond donors (Lipinski definition) is 5. The molecule has 0 aliphatic carbocycles. The Morgan fingerprint density at radius 2 is 1.50 bits per heavy atom. The number of ketones is 2. The van der Waals surface area contributed by atoms with Crippen LogP contribution in [0.5, 0.6) is 0 Å². The summed E-state index contributed by atoms with van der Waals surface area (Å²) in [5.74, 6) is -2.53. The van der Waals surface area contributed by atoms with Gasteiger partial charge in [-0.3, -0.25) is 33.3 Å². The maximum Gasteiger partial charge on any atom is 0.481 e. The first-order valence-electron chi connectivity index (χ1n) is 18.4. The molecule has 3 aromatic rings. The Morgan fingerprint density at radius 1 is 0.857 bits per heavy atom.